The van der Waals surface area contributed by atoms with Gasteiger partial charge in [-0.25, -0.2) is 0 Å². The van der Waals surface area contributed by atoms with Gasteiger partial charge in [-0.15, -0.1) is 11.8 Å². The smallest absolute Gasteiger partial charge is 0.258 e. The minimum atomic E-state index is -0.890. The molecule has 1 heterocycles. The summed E-state index contributed by atoms with van der Waals surface area (Å²) in [5.74, 6) is -2.24. The van der Waals surface area contributed by atoms with Crippen molar-refractivity contribution in [3.8, 4) is 0 Å². The zero-order valence-corrected chi connectivity index (χ0v) is 17.8. The SMILES string of the molecule is CSc1[nH]c(/N=C(/NNc2ccccc2)NC(=O)c2ccccc2)c(C(N)=O)c1C(N)=O. The number of aromatic nitrogens is 1. The number of nitrogens with two attached hydrogens (primary N) is 2. The molecule has 0 aliphatic carbocycles. The van der Waals surface area contributed by atoms with Crippen LogP contribution in [0.1, 0.15) is 31.1 Å². The summed E-state index contributed by atoms with van der Waals surface area (Å²) < 4.78 is 0. The van der Waals surface area contributed by atoms with E-state index in [0.29, 0.717) is 16.3 Å². The highest BCUT2D eigenvalue weighted by atomic mass is 32.2. The molecule has 0 saturated heterocycles. The molecule has 0 bridgehead atoms. The number of aliphatic imine (C=N–C) groups is 1. The Labute approximate surface area is 187 Å². The van der Waals surface area contributed by atoms with Crippen molar-refractivity contribution in [2.24, 2.45) is 16.5 Å². The predicted molar refractivity (Wildman–Crippen MR) is 124 cm³/mol. The standard InChI is InChI=1S/C21H21N7O3S/c1-32-20-15(17(23)30)14(16(22)29)18(24-20)25-21(28-27-13-10-6-3-7-11-13)26-19(31)12-8-4-2-5-9-12/h2-11,24,27H,1H3,(H2,22,29)(H2,23,30)(H2,25,26,28,31). The van der Waals surface area contributed by atoms with Crippen LogP contribution >= 0.6 is 11.8 Å². The largest absolute Gasteiger partial charge is 0.365 e. The number of aromatic amines is 1. The highest BCUT2D eigenvalue weighted by Crippen LogP contribution is 2.30. The van der Waals surface area contributed by atoms with Gasteiger partial charge in [0.1, 0.15) is 5.82 Å². The van der Waals surface area contributed by atoms with Crippen LogP contribution in [0.15, 0.2) is 70.7 Å². The molecular weight excluding hydrogens is 430 g/mol. The van der Waals surface area contributed by atoms with Crippen LogP contribution in [0.25, 0.3) is 0 Å². The van der Waals surface area contributed by atoms with Crippen molar-refractivity contribution >= 4 is 46.9 Å². The first-order valence-electron chi connectivity index (χ1n) is 9.32. The van der Waals surface area contributed by atoms with Crippen molar-refractivity contribution in [2.45, 2.75) is 5.03 Å². The van der Waals surface area contributed by atoms with Gasteiger partial charge in [0.25, 0.3) is 17.7 Å². The van der Waals surface area contributed by atoms with E-state index >= 15 is 0 Å². The summed E-state index contributed by atoms with van der Waals surface area (Å²) in [6.07, 6.45) is 1.70. The zero-order chi connectivity index (χ0) is 23.1. The first-order chi connectivity index (χ1) is 15.4. The van der Waals surface area contributed by atoms with Gasteiger partial charge < -0.3 is 16.5 Å². The van der Waals surface area contributed by atoms with Gasteiger partial charge in [-0.3, -0.25) is 30.6 Å². The molecule has 0 aliphatic rings. The van der Waals surface area contributed by atoms with Gasteiger partial charge in [0.15, 0.2) is 0 Å². The van der Waals surface area contributed by atoms with Gasteiger partial charge in [-0.2, -0.15) is 4.99 Å². The maximum atomic E-state index is 12.7. The highest BCUT2D eigenvalue weighted by Gasteiger charge is 2.25. The average Bonchev–Trinajstić information content (AvgIpc) is 3.17. The van der Waals surface area contributed by atoms with Crippen molar-refractivity contribution in [1.82, 2.24) is 15.7 Å². The molecule has 164 valence electrons. The van der Waals surface area contributed by atoms with Crippen LogP contribution in [0.4, 0.5) is 11.5 Å². The molecule has 3 aromatic rings. The number of hydrogen-bond donors (Lipinski definition) is 6. The number of carbonyl (C=O) groups is 3. The number of para-hydroxylation sites is 1. The fourth-order valence-electron chi connectivity index (χ4n) is 2.80. The molecule has 0 spiro atoms. The highest BCUT2D eigenvalue weighted by molar-refractivity contribution is 7.98. The normalized spacial score (nSPS) is 11.0. The number of benzene rings is 2. The van der Waals surface area contributed by atoms with Gasteiger partial charge in [0.05, 0.1) is 21.8 Å². The van der Waals surface area contributed by atoms with Crippen LogP contribution in [-0.4, -0.2) is 34.9 Å². The van der Waals surface area contributed by atoms with E-state index in [-0.39, 0.29) is 22.9 Å². The van der Waals surface area contributed by atoms with E-state index in [1.165, 1.54) is 11.8 Å². The molecule has 11 heteroatoms. The first kappa shape index (κ1) is 22.4. The molecule has 32 heavy (non-hydrogen) atoms. The minimum Gasteiger partial charge on any atom is -0.365 e. The summed E-state index contributed by atoms with van der Waals surface area (Å²) >= 11 is 1.17. The van der Waals surface area contributed by atoms with Crippen LogP contribution in [-0.2, 0) is 0 Å². The molecular formula is C21H21N7O3S. The van der Waals surface area contributed by atoms with Gasteiger partial charge >= 0.3 is 0 Å². The summed E-state index contributed by atoms with van der Waals surface area (Å²) in [5.41, 5.74) is 17.5. The van der Waals surface area contributed by atoms with Gasteiger partial charge in [0, 0.05) is 5.56 Å². The fourth-order valence-corrected chi connectivity index (χ4v) is 3.40. The molecule has 2 aromatic carbocycles. The Balaban J connectivity index is 2.01. The second kappa shape index (κ2) is 10.2. The Morgan fingerprint density at radius 3 is 2.06 bits per heavy atom. The maximum absolute atomic E-state index is 12.7. The van der Waals surface area contributed by atoms with Crippen LogP contribution in [0.5, 0.6) is 0 Å². The number of H-pyrrole nitrogens is 1. The number of guanidine groups is 1. The van der Waals surface area contributed by atoms with Crippen LogP contribution in [0.3, 0.4) is 0 Å². The summed E-state index contributed by atoms with van der Waals surface area (Å²) in [7, 11) is 0. The summed E-state index contributed by atoms with van der Waals surface area (Å²) in [4.78, 5) is 43.8. The van der Waals surface area contributed by atoms with Gasteiger partial charge in [0.2, 0.25) is 5.96 Å². The third kappa shape index (κ3) is 5.26. The fraction of sp³-hybridized carbons (Fsp3) is 0.0476. The van der Waals surface area contributed by atoms with E-state index in [1.54, 1.807) is 48.7 Å². The number of nitrogens with one attached hydrogen (secondary N) is 4. The Kier molecular flexibility index (Phi) is 7.13. The molecule has 0 saturated carbocycles. The number of rotatable bonds is 7. The van der Waals surface area contributed by atoms with Crippen LogP contribution < -0.4 is 27.6 Å². The number of primary amides is 2. The third-order valence-electron chi connectivity index (χ3n) is 4.23. The van der Waals surface area contributed by atoms with E-state index in [4.69, 9.17) is 11.5 Å². The first-order valence-corrected chi connectivity index (χ1v) is 10.5. The van der Waals surface area contributed by atoms with Crippen molar-refractivity contribution in [2.75, 3.05) is 11.7 Å². The second-order valence-corrected chi connectivity index (χ2v) is 7.20. The molecule has 0 fully saturated rings. The van der Waals surface area contributed by atoms with Gasteiger partial charge in [-0.05, 0) is 30.5 Å². The molecule has 0 atom stereocenters. The Morgan fingerprint density at radius 1 is 0.906 bits per heavy atom. The Hall–Kier alpha value is -4.25. The molecule has 3 rings (SSSR count). The summed E-state index contributed by atoms with van der Waals surface area (Å²) in [6, 6.07) is 17.6. The lowest BCUT2D eigenvalue weighted by Gasteiger charge is -2.13. The number of amides is 3. The van der Waals surface area contributed by atoms with Gasteiger partial charge in [-0.1, -0.05) is 36.4 Å². The monoisotopic (exact) mass is 451 g/mol. The second-order valence-electron chi connectivity index (χ2n) is 6.38. The molecule has 1 aromatic heterocycles. The Morgan fingerprint density at radius 2 is 1.50 bits per heavy atom. The van der Waals surface area contributed by atoms with E-state index in [9.17, 15) is 14.4 Å². The quantitative estimate of drug-likeness (QED) is 0.139. The van der Waals surface area contributed by atoms with E-state index < -0.39 is 17.7 Å². The van der Waals surface area contributed by atoms with E-state index in [1.807, 2.05) is 18.2 Å². The van der Waals surface area contributed by atoms with Crippen LogP contribution in [0.2, 0.25) is 0 Å². The summed E-state index contributed by atoms with van der Waals surface area (Å²) in [6.45, 7) is 0. The van der Waals surface area contributed by atoms with Crippen molar-refractivity contribution in [3.05, 3.63) is 77.4 Å². The lowest BCUT2D eigenvalue weighted by atomic mass is 10.1. The third-order valence-corrected chi connectivity index (χ3v) is 4.95. The van der Waals surface area contributed by atoms with Crippen LogP contribution in [0, 0.1) is 0 Å². The Bertz CT molecular complexity index is 1160. The molecule has 0 radical (unpaired) electrons. The predicted octanol–water partition coefficient (Wildman–Crippen LogP) is 1.97. The number of hydrogen-bond acceptors (Lipinski definition) is 6. The number of nitrogens with zero attached hydrogens (tertiary/aromatic N) is 1. The number of anilines is 1. The summed E-state index contributed by atoms with van der Waals surface area (Å²) in [5, 5.41) is 2.97. The number of carbonyl (C=O) groups excluding carboxylic acids is 3. The van der Waals surface area contributed by atoms with Crippen molar-refractivity contribution in [3.63, 3.8) is 0 Å². The molecule has 0 unspecified atom stereocenters. The van der Waals surface area contributed by atoms with Crippen molar-refractivity contribution in [1.29, 1.82) is 0 Å². The lowest BCUT2D eigenvalue weighted by Crippen LogP contribution is -2.43. The zero-order valence-electron chi connectivity index (χ0n) is 17.0. The van der Waals surface area contributed by atoms with E-state index in [2.05, 4.69) is 26.1 Å². The maximum Gasteiger partial charge on any atom is 0.258 e. The lowest BCUT2D eigenvalue weighted by molar-refractivity contribution is 0.0966. The average molecular weight is 452 g/mol. The molecule has 10 nitrogen and oxygen atoms in total. The van der Waals surface area contributed by atoms with Crippen molar-refractivity contribution < 1.29 is 14.4 Å². The number of hydrazine groups is 1. The molecule has 3 amide bonds. The topological polar surface area (TPSA) is 167 Å². The van der Waals surface area contributed by atoms with E-state index in [0.717, 1.165) is 0 Å². The molecule has 0 aliphatic heterocycles. The minimum absolute atomic E-state index is 0.0265. The number of thioether (sulfide) groups is 1. The molecule has 8 N–H and O–H groups in total.